The van der Waals surface area contributed by atoms with Gasteiger partial charge in [-0.25, -0.2) is 4.79 Å². The van der Waals surface area contributed by atoms with Gasteiger partial charge >= 0.3 is 6.09 Å². The van der Waals surface area contributed by atoms with Crippen LogP contribution in [0.15, 0.2) is 0 Å². The van der Waals surface area contributed by atoms with Gasteiger partial charge in [0.25, 0.3) is 0 Å². The Bertz CT molecular complexity index is 262. The lowest BCUT2D eigenvalue weighted by Crippen LogP contribution is -2.41. The second-order valence-electron chi connectivity index (χ2n) is 5.34. The maximum absolute atomic E-state index is 12.0. The largest absolute Gasteiger partial charge is 0.444 e. The van der Waals surface area contributed by atoms with E-state index in [9.17, 15) is 4.79 Å². The van der Waals surface area contributed by atoms with E-state index in [1.165, 1.54) is 0 Å². The van der Waals surface area contributed by atoms with E-state index in [2.05, 4.69) is 0 Å². The molecule has 0 aromatic carbocycles. The fraction of sp³-hybridized carbons (Fsp3) is 0.917. The first-order chi connectivity index (χ1) is 7.87. The molecule has 17 heavy (non-hydrogen) atoms. The van der Waals surface area contributed by atoms with Gasteiger partial charge in [0.2, 0.25) is 0 Å². The molecule has 0 saturated carbocycles. The van der Waals surface area contributed by atoms with Crippen molar-refractivity contribution in [1.29, 1.82) is 0 Å². The Labute approximate surface area is 103 Å². The number of ether oxygens (including phenoxy) is 3. The van der Waals surface area contributed by atoms with Crippen LogP contribution in [0, 0.1) is 0 Å². The predicted molar refractivity (Wildman–Crippen MR) is 64.0 cm³/mol. The predicted octanol–water partition coefficient (Wildman–Crippen LogP) is 1.66. The van der Waals surface area contributed by atoms with Crippen LogP contribution in [0.1, 0.15) is 27.2 Å². The Hall–Kier alpha value is -0.810. The van der Waals surface area contributed by atoms with Crippen LogP contribution in [0.4, 0.5) is 4.79 Å². The van der Waals surface area contributed by atoms with Gasteiger partial charge in [-0.2, -0.15) is 0 Å². The third-order valence-corrected chi connectivity index (χ3v) is 2.70. The molecule has 0 aromatic rings. The maximum Gasteiger partial charge on any atom is 0.410 e. The molecule has 0 radical (unpaired) electrons. The van der Waals surface area contributed by atoms with Gasteiger partial charge in [0.05, 0.1) is 25.3 Å². The highest BCUT2D eigenvalue weighted by Gasteiger charge is 2.37. The zero-order chi connectivity index (χ0) is 13.1. The van der Waals surface area contributed by atoms with Crippen molar-refractivity contribution in [2.45, 2.75) is 44.9 Å². The van der Waals surface area contributed by atoms with Gasteiger partial charge in [-0.1, -0.05) is 0 Å². The molecule has 1 aliphatic rings. The Kier molecular flexibility index (Phi) is 4.77. The van der Waals surface area contributed by atoms with E-state index in [0.29, 0.717) is 13.2 Å². The van der Waals surface area contributed by atoms with Crippen LogP contribution < -0.4 is 0 Å². The monoisotopic (exact) mass is 245 g/mol. The van der Waals surface area contributed by atoms with Crippen molar-refractivity contribution in [3.63, 3.8) is 0 Å². The van der Waals surface area contributed by atoms with Gasteiger partial charge in [-0.15, -0.1) is 0 Å². The summed E-state index contributed by atoms with van der Waals surface area (Å²) in [6.45, 7) is 6.67. The molecule has 2 atom stereocenters. The smallest absolute Gasteiger partial charge is 0.410 e. The quantitative estimate of drug-likeness (QED) is 0.758. The van der Waals surface area contributed by atoms with Crippen molar-refractivity contribution in [1.82, 2.24) is 4.90 Å². The van der Waals surface area contributed by atoms with Crippen molar-refractivity contribution in [3.05, 3.63) is 0 Å². The van der Waals surface area contributed by atoms with E-state index in [0.717, 1.165) is 6.42 Å². The summed E-state index contributed by atoms with van der Waals surface area (Å²) in [7, 11) is 3.29. The summed E-state index contributed by atoms with van der Waals surface area (Å²) >= 11 is 0. The lowest BCUT2D eigenvalue weighted by atomic mass is 10.2. The molecule has 0 spiro atoms. The third kappa shape index (κ3) is 4.16. The molecule has 1 saturated heterocycles. The highest BCUT2D eigenvalue weighted by Crippen LogP contribution is 2.22. The fourth-order valence-electron chi connectivity index (χ4n) is 1.94. The molecule has 100 valence electrons. The first-order valence-corrected chi connectivity index (χ1v) is 5.88. The molecule has 5 nitrogen and oxygen atoms in total. The number of likely N-dealkylation sites (tertiary alicyclic amines) is 1. The van der Waals surface area contributed by atoms with Crippen molar-refractivity contribution in [2.24, 2.45) is 0 Å². The lowest BCUT2D eigenvalue weighted by molar-refractivity contribution is 0.0130. The van der Waals surface area contributed by atoms with Crippen LogP contribution in [0.2, 0.25) is 0 Å². The summed E-state index contributed by atoms with van der Waals surface area (Å²) in [5, 5.41) is 0. The second-order valence-corrected chi connectivity index (χ2v) is 5.34. The van der Waals surface area contributed by atoms with E-state index in [4.69, 9.17) is 14.2 Å². The van der Waals surface area contributed by atoms with Crippen LogP contribution in [0.25, 0.3) is 0 Å². The average molecular weight is 245 g/mol. The molecular formula is C12H23NO4. The van der Waals surface area contributed by atoms with Crippen molar-refractivity contribution in [2.75, 3.05) is 27.4 Å². The molecule has 1 fully saturated rings. The molecule has 1 amide bonds. The number of rotatable bonds is 3. The SMILES string of the molecule is COC[C@@H]1C[C@H](OC)CN1C(=O)OC(C)(C)C. The van der Waals surface area contributed by atoms with Crippen LogP contribution in [0.5, 0.6) is 0 Å². The lowest BCUT2D eigenvalue weighted by Gasteiger charge is -2.28. The zero-order valence-corrected chi connectivity index (χ0v) is 11.4. The molecule has 0 aliphatic carbocycles. The number of nitrogens with zero attached hydrogens (tertiary/aromatic N) is 1. The topological polar surface area (TPSA) is 48.0 Å². The van der Waals surface area contributed by atoms with Gasteiger partial charge in [0.15, 0.2) is 0 Å². The number of carbonyl (C=O) groups excluding carboxylic acids is 1. The number of carbonyl (C=O) groups is 1. The zero-order valence-electron chi connectivity index (χ0n) is 11.4. The van der Waals surface area contributed by atoms with Crippen LogP contribution in [0.3, 0.4) is 0 Å². The summed E-state index contributed by atoms with van der Waals surface area (Å²) in [6, 6.07) is 0.0415. The molecule has 0 N–H and O–H groups in total. The molecule has 0 bridgehead atoms. The minimum Gasteiger partial charge on any atom is -0.444 e. The summed E-state index contributed by atoms with van der Waals surface area (Å²) in [5.74, 6) is 0. The molecule has 0 unspecified atom stereocenters. The van der Waals surface area contributed by atoms with Crippen molar-refractivity contribution in [3.8, 4) is 0 Å². The second kappa shape index (κ2) is 5.69. The van der Waals surface area contributed by atoms with E-state index in [1.54, 1.807) is 19.1 Å². The Balaban J connectivity index is 2.63. The van der Waals surface area contributed by atoms with Gasteiger partial charge in [-0.3, -0.25) is 0 Å². The van der Waals surface area contributed by atoms with Crippen LogP contribution >= 0.6 is 0 Å². The molecule has 5 heteroatoms. The van der Waals surface area contributed by atoms with Crippen LogP contribution in [-0.4, -0.2) is 56.1 Å². The number of amides is 1. The average Bonchev–Trinajstić information content (AvgIpc) is 2.59. The first-order valence-electron chi connectivity index (χ1n) is 5.88. The highest BCUT2D eigenvalue weighted by atomic mass is 16.6. The van der Waals surface area contributed by atoms with E-state index in [1.807, 2.05) is 20.8 Å². The summed E-state index contributed by atoms with van der Waals surface area (Å²) < 4.78 is 15.8. The standard InChI is InChI=1S/C12H23NO4/c1-12(2,3)17-11(14)13-7-10(16-5)6-9(13)8-15-4/h9-10H,6-8H2,1-5H3/t9-,10-/m0/s1. The fourth-order valence-corrected chi connectivity index (χ4v) is 1.94. The minimum absolute atomic E-state index is 0.0415. The van der Waals surface area contributed by atoms with Gasteiger partial charge in [0.1, 0.15) is 5.60 Å². The number of hydrogen-bond donors (Lipinski definition) is 0. The molecule has 0 aromatic heterocycles. The highest BCUT2D eigenvalue weighted by molar-refractivity contribution is 5.69. The first kappa shape index (κ1) is 14.3. The van der Waals surface area contributed by atoms with Gasteiger partial charge in [-0.05, 0) is 27.2 Å². The van der Waals surface area contributed by atoms with E-state index < -0.39 is 5.60 Å². The molecular weight excluding hydrogens is 222 g/mol. The molecule has 1 rings (SSSR count). The Morgan fingerprint density at radius 1 is 1.35 bits per heavy atom. The van der Waals surface area contributed by atoms with E-state index >= 15 is 0 Å². The molecule has 1 heterocycles. The third-order valence-electron chi connectivity index (χ3n) is 2.70. The summed E-state index contributed by atoms with van der Waals surface area (Å²) in [5.41, 5.74) is -0.472. The van der Waals surface area contributed by atoms with Gasteiger partial charge in [0, 0.05) is 14.2 Å². The Morgan fingerprint density at radius 3 is 2.47 bits per heavy atom. The summed E-state index contributed by atoms with van der Waals surface area (Å²) in [4.78, 5) is 13.7. The maximum atomic E-state index is 12.0. The Morgan fingerprint density at radius 2 is 2.00 bits per heavy atom. The minimum atomic E-state index is -0.472. The van der Waals surface area contributed by atoms with E-state index in [-0.39, 0.29) is 18.2 Å². The van der Waals surface area contributed by atoms with Gasteiger partial charge < -0.3 is 19.1 Å². The van der Waals surface area contributed by atoms with Crippen molar-refractivity contribution >= 4 is 6.09 Å². The van der Waals surface area contributed by atoms with Crippen LogP contribution in [-0.2, 0) is 14.2 Å². The normalized spacial score (nSPS) is 25.1. The number of methoxy groups -OCH3 is 2. The molecule has 1 aliphatic heterocycles. The number of hydrogen-bond acceptors (Lipinski definition) is 4. The summed E-state index contributed by atoms with van der Waals surface area (Å²) in [6.07, 6.45) is 0.575. The van der Waals surface area contributed by atoms with Crippen molar-refractivity contribution < 1.29 is 19.0 Å².